The van der Waals surface area contributed by atoms with Crippen LogP contribution in [0.2, 0.25) is 0 Å². The highest BCUT2D eigenvalue weighted by molar-refractivity contribution is 5.73. The number of nitrogens with one attached hydrogen (secondary N) is 1. The van der Waals surface area contributed by atoms with Gasteiger partial charge in [-0.3, -0.25) is 10.1 Å². The summed E-state index contributed by atoms with van der Waals surface area (Å²) in [6.07, 6.45) is 3.23. The molecule has 1 aliphatic rings. The monoisotopic (exact) mass is 277 g/mol. The predicted molar refractivity (Wildman–Crippen MR) is 78.2 cm³/mol. The van der Waals surface area contributed by atoms with E-state index in [-0.39, 0.29) is 6.61 Å². The Morgan fingerprint density at radius 3 is 2.55 bits per heavy atom. The number of carboxylic acid groups (broad SMARTS) is 1. The molecule has 2 N–H and O–H groups in total. The molecule has 0 aromatic heterocycles. The van der Waals surface area contributed by atoms with E-state index in [9.17, 15) is 4.79 Å². The molecule has 0 aliphatic heterocycles. The van der Waals surface area contributed by atoms with Crippen molar-refractivity contribution in [1.29, 1.82) is 0 Å². The second-order valence-corrected chi connectivity index (χ2v) is 5.52. The number of carbonyl (C=O) groups is 1. The largest absolute Gasteiger partial charge is 0.491 e. The lowest BCUT2D eigenvalue weighted by atomic mass is 9.99. The number of aliphatic carboxylic acids is 1. The average molecular weight is 277 g/mol. The lowest BCUT2D eigenvalue weighted by molar-refractivity contribution is -0.140. The first-order valence-electron chi connectivity index (χ1n) is 7.31. The first-order chi connectivity index (χ1) is 9.60. The minimum atomic E-state index is -0.854. The summed E-state index contributed by atoms with van der Waals surface area (Å²) in [5.41, 5.74) is 1.28. The molecular formula is C16H23NO3. The SMILES string of the molecule is CCC(C)c1ccc(OCC(NC2CC2)C(=O)O)cc1. The highest BCUT2D eigenvalue weighted by Crippen LogP contribution is 2.22. The van der Waals surface area contributed by atoms with Gasteiger partial charge in [0.2, 0.25) is 0 Å². The molecule has 1 aliphatic carbocycles. The number of rotatable bonds is 8. The standard InChI is InChI=1S/C16H23NO3/c1-3-11(2)12-4-8-14(9-5-12)20-10-15(16(18)19)17-13-6-7-13/h4-5,8-9,11,13,15,17H,3,6-7,10H2,1-2H3,(H,18,19). The van der Waals surface area contributed by atoms with Gasteiger partial charge in [-0.2, -0.15) is 0 Å². The average Bonchev–Trinajstić information content (AvgIpc) is 3.27. The van der Waals surface area contributed by atoms with E-state index in [1.165, 1.54) is 5.56 Å². The van der Waals surface area contributed by atoms with Gasteiger partial charge >= 0.3 is 5.97 Å². The van der Waals surface area contributed by atoms with Crippen LogP contribution in [0.3, 0.4) is 0 Å². The second kappa shape index (κ2) is 6.75. The van der Waals surface area contributed by atoms with Crippen LogP contribution in [0.15, 0.2) is 24.3 Å². The van der Waals surface area contributed by atoms with Crippen LogP contribution in [-0.2, 0) is 4.79 Å². The van der Waals surface area contributed by atoms with Gasteiger partial charge in [-0.1, -0.05) is 26.0 Å². The van der Waals surface area contributed by atoms with Crippen molar-refractivity contribution in [1.82, 2.24) is 5.32 Å². The van der Waals surface area contributed by atoms with E-state index in [0.717, 1.165) is 25.0 Å². The quantitative estimate of drug-likeness (QED) is 0.767. The molecule has 2 atom stereocenters. The molecule has 4 nitrogen and oxygen atoms in total. The Kier molecular flexibility index (Phi) is 5.01. The Morgan fingerprint density at radius 2 is 2.05 bits per heavy atom. The van der Waals surface area contributed by atoms with Gasteiger partial charge in [0.05, 0.1) is 0 Å². The van der Waals surface area contributed by atoms with Crippen LogP contribution in [-0.4, -0.2) is 29.8 Å². The Labute approximate surface area is 120 Å². The van der Waals surface area contributed by atoms with Gasteiger partial charge in [0.15, 0.2) is 0 Å². The van der Waals surface area contributed by atoms with Crippen molar-refractivity contribution in [2.75, 3.05) is 6.61 Å². The maximum absolute atomic E-state index is 11.1. The van der Waals surface area contributed by atoms with Crippen LogP contribution < -0.4 is 10.1 Å². The third-order valence-corrected chi connectivity index (χ3v) is 3.79. The zero-order valence-electron chi connectivity index (χ0n) is 12.1. The molecule has 0 bridgehead atoms. The smallest absolute Gasteiger partial charge is 0.324 e. The number of hydrogen-bond donors (Lipinski definition) is 2. The van der Waals surface area contributed by atoms with Crippen LogP contribution in [0.4, 0.5) is 0 Å². The van der Waals surface area contributed by atoms with Crippen molar-refractivity contribution >= 4 is 5.97 Å². The highest BCUT2D eigenvalue weighted by atomic mass is 16.5. The van der Waals surface area contributed by atoms with Crippen LogP contribution in [0.5, 0.6) is 5.75 Å². The van der Waals surface area contributed by atoms with E-state index in [1.54, 1.807) is 0 Å². The van der Waals surface area contributed by atoms with Crippen molar-refractivity contribution in [3.05, 3.63) is 29.8 Å². The van der Waals surface area contributed by atoms with Crippen LogP contribution in [0.1, 0.15) is 44.6 Å². The molecule has 2 rings (SSSR count). The Bertz CT molecular complexity index is 440. The van der Waals surface area contributed by atoms with Gasteiger partial charge in [-0.15, -0.1) is 0 Å². The summed E-state index contributed by atoms with van der Waals surface area (Å²) in [6.45, 7) is 4.51. The minimum absolute atomic E-state index is 0.161. The zero-order valence-corrected chi connectivity index (χ0v) is 12.1. The normalized spacial score (nSPS) is 17.5. The summed E-state index contributed by atoms with van der Waals surface area (Å²) in [5, 5.41) is 12.2. The third kappa shape index (κ3) is 4.23. The summed E-state index contributed by atoms with van der Waals surface area (Å²) >= 11 is 0. The van der Waals surface area contributed by atoms with E-state index >= 15 is 0 Å². The van der Waals surface area contributed by atoms with Crippen LogP contribution in [0.25, 0.3) is 0 Å². The maximum atomic E-state index is 11.1. The van der Waals surface area contributed by atoms with Gasteiger partial charge in [-0.25, -0.2) is 0 Å². The Morgan fingerprint density at radius 1 is 1.40 bits per heavy atom. The van der Waals surface area contributed by atoms with Crippen molar-refractivity contribution in [3.8, 4) is 5.75 Å². The first kappa shape index (κ1) is 14.9. The molecule has 0 amide bonds. The summed E-state index contributed by atoms with van der Waals surface area (Å²) in [5.74, 6) is 0.404. The van der Waals surface area contributed by atoms with E-state index in [4.69, 9.17) is 9.84 Å². The molecule has 1 saturated carbocycles. The van der Waals surface area contributed by atoms with Crippen molar-refractivity contribution in [2.45, 2.75) is 51.1 Å². The van der Waals surface area contributed by atoms with Crippen molar-refractivity contribution in [3.63, 3.8) is 0 Å². The van der Waals surface area contributed by atoms with Crippen LogP contribution >= 0.6 is 0 Å². The molecule has 1 aromatic rings. The number of benzene rings is 1. The molecule has 110 valence electrons. The van der Waals surface area contributed by atoms with Gasteiger partial charge in [0, 0.05) is 6.04 Å². The van der Waals surface area contributed by atoms with Gasteiger partial charge in [-0.05, 0) is 42.9 Å². The van der Waals surface area contributed by atoms with E-state index in [1.807, 2.05) is 24.3 Å². The molecule has 20 heavy (non-hydrogen) atoms. The second-order valence-electron chi connectivity index (χ2n) is 5.52. The molecule has 0 heterocycles. The topological polar surface area (TPSA) is 58.6 Å². The van der Waals surface area contributed by atoms with Gasteiger partial charge in [0.25, 0.3) is 0 Å². The molecule has 4 heteroatoms. The molecule has 2 unspecified atom stereocenters. The van der Waals surface area contributed by atoms with Crippen LogP contribution in [0, 0.1) is 0 Å². The van der Waals surface area contributed by atoms with Gasteiger partial charge < -0.3 is 9.84 Å². The summed E-state index contributed by atoms with van der Waals surface area (Å²) in [6, 6.07) is 7.65. The van der Waals surface area contributed by atoms with E-state index in [0.29, 0.717) is 12.0 Å². The number of carboxylic acids is 1. The molecule has 1 fully saturated rings. The Balaban J connectivity index is 1.86. The molecular weight excluding hydrogens is 254 g/mol. The fourth-order valence-corrected chi connectivity index (χ4v) is 2.03. The molecule has 0 saturated heterocycles. The predicted octanol–water partition coefficient (Wildman–Crippen LogP) is 2.78. The van der Waals surface area contributed by atoms with E-state index in [2.05, 4.69) is 19.2 Å². The summed E-state index contributed by atoms with van der Waals surface area (Å²) < 4.78 is 5.58. The summed E-state index contributed by atoms with van der Waals surface area (Å²) in [4.78, 5) is 11.1. The molecule has 0 spiro atoms. The first-order valence-corrected chi connectivity index (χ1v) is 7.31. The maximum Gasteiger partial charge on any atom is 0.324 e. The number of hydrogen-bond acceptors (Lipinski definition) is 3. The van der Waals surface area contributed by atoms with Crippen molar-refractivity contribution < 1.29 is 14.6 Å². The number of ether oxygens (including phenoxy) is 1. The fourth-order valence-electron chi connectivity index (χ4n) is 2.03. The zero-order chi connectivity index (χ0) is 14.5. The fraction of sp³-hybridized carbons (Fsp3) is 0.562. The highest BCUT2D eigenvalue weighted by Gasteiger charge is 2.28. The lowest BCUT2D eigenvalue weighted by Gasteiger charge is -2.15. The van der Waals surface area contributed by atoms with E-state index < -0.39 is 12.0 Å². The van der Waals surface area contributed by atoms with Crippen molar-refractivity contribution in [2.24, 2.45) is 0 Å². The molecule has 1 aromatic carbocycles. The Hall–Kier alpha value is -1.55. The third-order valence-electron chi connectivity index (χ3n) is 3.79. The minimum Gasteiger partial charge on any atom is -0.491 e. The summed E-state index contributed by atoms with van der Waals surface area (Å²) in [7, 11) is 0. The molecule has 0 radical (unpaired) electrons. The van der Waals surface area contributed by atoms with Gasteiger partial charge in [0.1, 0.15) is 18.4 Å². The lowest BCUT2D eigenvalue weighted by Crippen LogP contribution is -2.42.